The fourth-order valence-electron chi connectivity index (χ4n) is 1.17. The van der Waals surface area contributed by atoms with Crippen LogP contribution < -0.4 is 10.5 Å². The quantitative estimate of drug-likeness (QED) is 0.620. The van der Waals surface area contributed by atoms with E-state index in [0.29, 0.717) is 28.6 Å². The number of rotatable bonds is 3. The van der Waals surface area contributed by atoms with Crippen molar-refractivity contribution >= 4 is 23.1 Å². The monoisotopic (exact) mass is 213 g/mol. The van der Waals surface area contributed by atoms with Gasteiger partial charge in [-0.2, -0.15) is 0 Å². The first-order valence-corrected chi connectivity index (χ1v) is 4.66. The van der Waals surface area contributed by atoms with Crippen LogP contribution in [0.3, 0.4) is 0 Å². The molecule has 0 atom stereocenters. The maximum Gasteiger partial charge on any atom is 0.163 e. The molecule has 76 valence electrons. The maximum atomic E-state index is 11.3. The zero-order chi connectivity index (χ0) is 10.7. The molecule has 1 aromatic rings. The molecule has 0 saturated heterocycles. The molecule has 0 saturated carbocycles. The number of hydrogen-bond donors (Lipinski definition) is 1. The topological polar surface area (TPSA) is 52.3 Å². The Morgan fingerprint density at radius 1 is 1.57 bits per heavy atom. The second-order valence-electron chi connectivity index (χ2n) is 2.87. The molecule has 3 nitrogen and oxygen atoms in total. The van der Waals surface area contributed by atoms with Crippen LogP contribution in [0.4, 0.5) is 5.69 Å². The van der Waals surface area contributed by atoms with Crippen molar-refractivity contribution in [3.05, 3.63) is 22.7 Å². The molecule has 0 unspecified atom stereocenters. The van der Waals surface area contributed by atoms with Crippen LogP contribution in [0, 0.1) is 0 Å². The highest BCUT2D eigenvalue weighted by atomic mass is 35.5. The van der Waals surface area contributed by atoms with E-state index in [1.807, 2.05) is 6.92 Å². The molecule has 0 spiro atoms. The molecule has 0 aliphatic carbocycles. The number of hydrogen-bond acceptors (Lipinski definition) is 3. The predicted molar refractivity (Wildman–Crippen MR) is 57.0 cm³/mol. The number of halogens is 1. The highest BCUT2D eigenvalue weighted by Gasteiger charge is 2.13. The second kappa shape index (κ2) is 4.33. The Balaban J connectivity index is 3.28. The van der Waals surface area contributed by atoms with E-state index in [2.05, 4.69) is 0 Å². The van der Waals surface area contributed by atoms with Crippen molar-refractivity contribution < 1.29 is 9.53 Å². The van der Waals surface area contributed by atoms with Gasteiger partial charge in [-0.25, -0.2) is 0 Å². The van der Waals surface area contributed by atoms with Gasteiger partial charge in [0.05, 0.1) is 17.2 Å². The third-order valence-corrected chi connectivity index (χ3v) is 2.01. The van der Waals surface area contributed by atoms with Crippen LogP contribution >= 0.6 is 11.6 Å². The van der Waals surface area contributed by atoms with Gasteiger partial charge in [0, 0.05) is 5.69 Å². The van der Waals surface area contributed by atoms with E-state index in [0.717, 1.165) is 0 Å². The Kier molecular flexibility index (Phi) is 3.36. The summed E-state index contributed by atoms with van der Waals surface area (Å²) in [6.07, 6.45) is 0. The minimum Gasteiger partial charge on any atom is -0.492 e. The Hall–Kier alpha value is -1.22. The molecule has 4 heteroatoms. The molecule has 2 N–H and O–H groups in total. The number of ketones is 1. The number of anilines is 1. The molecule has 0 radical (unpaired) electrons. The Morgan fingerprint density at radius 3 is 2.71 bits per heavy atom. The van der Waals surface area contributed by atoms with E-state index in [4.69, 9.17) is 22.1 Å². The molecule has 14 heavy (non-hydrogen) atoms. The molecule has 0 heterocycles. The minimum absolute atomic E-state index is 0.109. The molecule has 0 fully saturated rings. The van der Waals surface area contributed by atoms with Gasteiger partial charge in [-0.1, -0.05) is 11.6 Å². The van der Waals surface area contributed by atoms with Crippen molar-refractivity contribution in [2.75, 3.05) is 12.3 Å². The Bertz CT molecular complexity index is 363. The molecular formula is C10H12ClNO2. The summed E-state index contributed by atoms with van der Waals surface area (Å²) in [7, 11) is 0. The summed E-state index contributed by atoms with van der Waals surface area (Å²) in [5.74, 6) is 0.304. The Labute approximate surface area is 87.8 Å². The van der Waals surface area contributed by atoms with E-state index in [1.54, 1.807) is 12.1 Å². The lowest BCUT2D eigenvalue weighted by atomic mass is 10.1. The summed E-state index contributed by atoms with van der Waals surface area (Å²) in [6.45, 7) is 3.74. The van der Waals surface area contributed by atoms with E-state index in [-0.39, 0.29) is 5.78 Å². The highest BCUT2D eigenvalue weighted by molar-refractivity contribution is 6.33. The lowest BCUT2D eigenvalue weighted by Gasteiger charge is -2.10. The van der Waals surface area contributed by atoms with Crippen LogP contribution in [0.2, 0.25) is 5.02 Å². The van der Waals surface area contributed by atoms with E-state index in [9.17, 15) is 4.79 Å². The molecule has 0 aromatic heterocycles. The van der Waals surface area contributed by atoms with Crippen molar-refractivity contribution in [2.45, 2.75) is 13.8 Å². The standard InChI is InChI=1S/C10H12ClNO2/c1-3-14-10-8(6(2)13)4-7(12)5-9(10)11/h4-5H,3,12H2,1-2H3. The zero-order valence-electron chi connectivity index (χ0n) is 8.13. The van der Waals surface area contributed by atoms with Gasteiger partial charge in [-0.05, 0) is 26.0 Å². The van der Waals surface area contributed by atoms with Gasteiger partial charge in [-0.15, -0.1) is 0 Å². The smallest absolute Gasteiger partial charge is 0.163 e. The van der Waals surface area contributed by atoms with Gasteiger partial charge in [0.25, 0.3) is 0 Å². The number of Topliss-reactive ketones (excluding diaryl/α,β-unsaturated/α-hetero) is 1. The summed E-state index contributed by atoms with van der Waals surface area (Å²) in [4.78, 5) is 11.3. The van der Waals surface area contributed by atoms with Crippen LogP contribution in [0.15, 0.2) is 12.1 Å². The normalized spacial score (nSPS) is 9.93. The van der Waals surface area contributed by atoms with Gasteiger partial charge in [0.15, 0.2) is 5.78 Å². The first kappa shape index (κ1) is 10.9. The van der Waals surface area contributed by atoms with Gasteiger partial charge in [-0.3, -0.25) is 4.79 Å². The number of ether oxygens (including phenoxy) is 1. The van der Waals surface area contributed by atoms with Crippen molar-refractivity contribution in [2.24, 2.45) is 0 Å². The Morgan fingerprint density at radius 2 is 2.21 bits per heavy atom. The van der Waals surface area contributed by atoms with Gasteiger partial charge in [0.1, 0.15) is 5.75 Å². The molecular weight excluding hydrogens is 202 g/mol. The minimum atomic E-state index is -0.109. The lowest BCUT2D eigenvalue weighted by Crippen LogP contribution is -2.02. The summed E-state index contributed by atoms with van der Waals surface area (Å²) >= 11 is 5.90. The van der Waals surface area contributed by atoms with Crippen molar-refractivity contribution in [1.29, 1.82) is 0 Å². The predicted octanol–water partition coefficient (Wildman–Crippen LogP) is 2.52. The number of carbonyl (C=O) groups excluding carboxylic acids is 1. The first-order chi connectivity index (χ1) is 6.56. The average molecular weight is 214 g/mol. The summed E-state index contributed by atoms with van der Waals surface area (Å²) in [5, 5.41) is 0.372. The number of benzene rings is 1. The molecule has 1 aromatic carbocycles. The lowest BCUT2D eigenvalue weighted by molar-refractivity contribution is 0.101. The molecule has 1 rings (SSSR count). The molecule has 0 bridgehead atoms. The largest absolute Gasteiger partial charge is 0.492 e. The van der Waals surface area contributed by atoms with Crippen LogP contribution in [-0.4, -0.2) is 12.4 Å². The highest BCUT2D eigenvalue weighted by Crippen LogP contribution is 2.31. The summed E-state index contributed by atoms with van der Waals surface area (Å²) in [6, 6.07) is 3.14. The van der Waals surface area contributed by atoms with Gasteiger partial charge < -0.3 is 10.5 Å². The third-order valence-electron chi connectivity index (χ3n) is 1.73. The van der Waals surface area contributed by atoms with E-state index < -0.39 is 0 Å². The van der Waals surface area contributed by atoms with Crippen molar-refractivity contribution in [3.8, 4) is 5.75 Å². The summed E-state index contributed by atoms with van der Waals surface area (Å²) < 4.78 is 5.28. The van der Waals surface area contributed by atoms with Gasteiger partial charge in [0.2, 0.25) is 0 Å². The maximum absolute atomic E-state index is 11.3. The van der Waals surface area contributed by atoms with Crippen molar-refractivity contribution in [3.63, 3.8) is 0 Å². The van der Waals surface area contributed by atoms with Gasteiger partial charge >= 0.3 is 0 Å². The first-order valence-electron chi connectivity index (χ1n) is 4.29. The number of carbonyl (C=O) groups is 1. The van der Waals surface area contributed by atoms with Crippen LogP contribution in [0.1, 0.15) is 24.2 Å². The van der Waals surface area contributed by atoms with E-state index in [1.165, 1.54) is 6.92 Å². The van der Waals surface area contributed by atoms with Crippen LogP contribution in [-0.2, 0) is 0 Å². The number of nitrogens with two attached hydrogens (primary N) is 1. The average Bonchev–Trinajstić information content (AvgIpc) is 2.09. The second-order valence-corrected chi connectivity index (χ2v) is 3.28. The fraction of sp³-hybridized carbons (Fsp3) is 0.300. The molecule has 0 aliphatic rings. The van der Waals surface area contributed by atoms with E-state index >= 15 is 0 Å². The third kappa shape index (κ3) is 2.17. The SMILES string of the molecule is CCOc1c(Cl)cc(N)cc1C(C)=O. The molecule has 0 amide bonds. The van der Waals surface area contributed by atoms with Crippen LogP contribution in [0.25, 0.3) is 0 Å². The zero-order valence-corrected chi connectivity index (χ0v) is 8.89. The fourth-order valence-corrected chi connectivity index (χ4v) is 1.45. The summed E-state index contributed by atoms with van der Waals surface area (Å²) in [5.41, 5.74) is 6.46. The van der Waals surface area contributed by atoms with Crippen molar-refractivity contribution in [1.82, 2.24) is 0 Å². The number of nitrogen functional groups attached to an aromatic ring is 1. The molecule has 0 aliphatic heterocycles. The van der Waals surface area contributed by atoms with Crippen LogP contribution in [0.5, 0.6) is 5.75 Å².